The predicted molar refractivity (Wildman–Crippen MR) is 129 cm³/mol. The second-order valence-corrected chi connectivity index (χ2v) is 8.71. The van der Waals surface area contributed by atoms with Gasteiger partial charge in [-0.1, -0.05) is 35.0 Å². The highest BCUT2D eigenvalue weighted by atomic mass is 35.5. The van der Waals surface area contributed by atoms with Crippen molar-refractivity contribution < 1.29 is 19.1 Å². The SMILES string of the molecule is COc1cccc(-n2nnc(C(=O)NCCN3C(=O)S/C(=C/c4ccc(Cl)cc4)C3=O)c2C)c1. The second kappa shape index (κ2) is 10.1. The van der Waals surface area contributed by atoms with Crippen LogP contribution in [0.2, 0.25) is 5.02 Å². The first-order valence-corrected chi connectivity index (χ1v) is 11.4. The molecule has 1 aromatic heterocycles. The number of amides is 3. The first kappa shape index (κ1) is 23.5. The van der Waals surface area contributed by atoms with E-state index in [-0.39, 0.29) is 24.0 Å². The molecule has 0 saturated carbocycles. The lowest BCUT2D eigenvalue weighted by Crippen LogP contribution is -2.37. The molecule has 0 aliphatic carbocycles. The maximum Gasteiger partial charge on any atom is 0.293 e. The Morgan fingerprint density at radius 3 is 2.71 bits per heavy atom. The summed E-state index contributed by atoms with van der Waals surface area (Å²) in [5.74, 6) is -0.199. The van der Waals surface area contributed by atoms with Gasteiger partial charge in [0.15, 0.2) is 5.69 Å². The lowest BCUT2D eigenvalue weighted by Gasteiger charge is -2.12. The second-order valence-electron chi connectivity index (χ2n) is 7.28. The van der Waals surface area contributed by atoms with Crippen LogP contribution in [0, 0.1) is 6.92 Å². The zero-order chi connectivity index (χ0) is 24.2. The van der Waals surface area contributed by atoms with E-state index in [1.165, 1.54) is 4.68 Å². The van der Waals surface area contributed by atoms with Gasteiger partial charge in [0.05, 0.1) is 23.4 Å². The third-order valence-corrected chi connectivity index (χ3v) is 6.23. The molecule has 2 aromatic carbocycles. The zero-order valence-corrected chi connectivity index (χ0v) is 19.9. The molecular weight excluding hydrogens is 478 g/mol. The quantitative estimate of drug-likeness (QED) is 0.496. The highest BCUT2D eigenvalue weighted by Crippen LogP contribution is 2.32. The van der Waals surface area contributed by atoms with E-state index in [0.717, 1.165) is 22.2 Å². The van der Waals surface area contributed by atoms with Crippen molar-refractivity contribution >= 4 is 46.5 Å². The Bertz CT molecular complexity index is 1290. The van der Waals surface area contributed by atoms with Gasteiger partial charge in [-0.3, -0.25) is 19.3 Å². The summed E-state index contributed by atoms with van der Waals surface area (Å²) in [5, 5.41) is 10.9. The molecule has 34 heavy (non-hydrogen) atoms. The third-order valence-electron chi connectivity index (χ3n) is 5.07. The van der Waals surface area contributed by atoms with Crippen LogP contribution in [0.3, 0.4) is 0 Å². The molecule has 0 radical (unpaired) electrons. The molecule has 9 nitrogen and oxygen atoms in total. The number of nitrogens with zero attached hydrogens (tertiary/aromatic N) is 4. The van der Waals surface area contributed by atoms with Crippen molar-refractivity contribution in [3.8, 4) is 11.4 Å². The Labute approximate surface area is 204 Å². The number of methoxy groups -OCH3 is 1. The van der Waals surface area contributed by atoms with E-state index in [1.807, 2.05) is 12.1 Å². The molecule has 1 saturated heterocycles. The molecule has 174 valence electrons. The Morgan fingerprint density at radius 1 is 1.21 bits per heavy atom. The van der Waals surface area contributed by atoms with Crippen molar-refractivity contribution in [3.05, 3.63) is 75.4 Å². The van der Waals surface area contributed by atoms with Crippen molar-refractivity contribution in [2.45, 2.75) is 6.92 Å². The fourth-order valence-corrected chi connectivity index (χ4v) is 4.29. The van der Waals surface area contributed by atoms with Crippen LogP contribution >= 0.6 is 23.4 Å². The highest BCUT2D eigenvalue weighted by Gasteiger charge is 2.34. The largest absolute Gasteiger partial charge is 0.497 e. The molecule has 0 spiro atoms. The minimum Gasteiger partial charge on any atom is -0.497 e. The van der Waals surface area contributed by atoms with Gasteiger partial charge < -0.3 is 10.1 Å². The van der Waals surface area contributed by atoms with Crippen LogP contribution in [0.4, 0.5) is 4.79 Å². The van der Waals surface area contributed by atoms with Crippen LogP contribution in [0.25, 0.3) is 11.8 Å². The summed E-state index contributed by atoms with van der Waals surface area (Å²) in [7, 11) is 1.57. The van der Waals surface area contributed by atoms with Gasteiger partial charge in [0.1, 0.15) is 5.75 Å². The van der Waals surface area contributed by atoms with Gasteiger partial charge >= 0.3 is 0 Å². The first-order chi connectivity index (χ1) is 16.4. The zero-order valence-electron chi connectivity index (χ0n) is 18.3. The summed E-state index contributed by atoms with van der Waals surface area (Å²) in [6, 6.07) is 14.2. The van der Waals surface area contributed by atoms with Crippen molar-refractivity contribution in [3.63, 3.8) is 0 Å². The van der Waals surface area contributed by atoms with Crippen LogP contribution < -0.4 is 10.1 Å². The number of aromatic nitrogens is 3. The Hall–Kier alpha value is -3.63. The number of benzene rings is 2. The molecule has 1 N–H and O–H groups in total. The fourth-order valence-electron chi connectivity index (χ4n) is 3.29. The lowest BCUT2D eigenvalue weighted by molar-refractivity contribution is -0.122. The Morgan fingerprint density at radius 2 is 1.97 bits per heavy atom. The summed E-state index contributed by atoms with van der Waals surface area (Å²) >= 11 is 6.74. The molecule has 4 rings (SSSR count). The van der Waals surface area contributed by atoms with Gasteiger partial charge in [0, 0.05) is 24.2 Å². The van der Waals surface area contributed by atoms with Crippen molar-refractivity contribution in [1.29, 1.82) is 0 Å². The van der Waals surface area contributed by atoms with E-state index in [4.69, 9.17) is 16.3 Å². The minimum atomic E-state index is -0.449. The van der Waals surface area contributed by atoms with E-state index in [9.17, 15) is 14.4 Å². The van der Waals surface area contributed by atoms with Gasteiger partial charge in [-0.05, 0) is 54.6 Å². The Balaban J connectivity index is 1.37. The average Bonchev–Trinajstić information content (AvgIpc) is 3.35. The van der Waals surface area contributed by atoms with Crippen LogP contribution in [0.5, 0.6) is 5.75 Å². The molecule has 2 heterocycles. The van der Waals surface area contributed by atoms with E-state index in [0.29, 0.717) is 27.1 Å². The Kier molecular flexibility index (Phi) is 6.99. The first-order valence-electron chi connectivity index (χ1n) is 10.2. The van der Waals surface area contributed by atoms with E-state index in [1.54, 1.807) is 56.5 Å². The van der Waals surface area contributed by atoms with Gasteiger partial charge in [0.2, 0.25) is 0 Å². The van der Waals surface area contributed by atoms with Gasteiger partial charge in [-0.2, -0.15) is 0 Å². The average molecular weight is 498 g/mol. The third kappa shape index (κ3) is 4.97. The van der Waals surface area contributed by atoms with Gasteiger partial charge in [-0.25, -0.2) is 4.68 Å². The van der Waals surface area contributed by atoms with Crippen LogP contribution in [0.1, 0.15) is 21.7 Å². The molecule has 1 aliphatic heterocycles. The summed E-state index contributed by atoms with van der Waals surface area (Å²) < 4.78 is 6.76. The van der Waals surface area contributed by atoms with Gasteiger partial charge in [-0.15, -0.1) is 5.10 Å². The van der Waals surface area contributed by atoms with Gasteiger partial charge in [0.25, 0.3) is 17.1 Å². The van der Waals surface area contributed by atoms with Crippen molar-refractivity contribution in [2.75, 3.05) is 20.2 Å². The van der Waals surface area contributed by atoms with Crippen LogP contribution in [-0.2, 0) is 4.79 Å². The van der Waals surface area contributed by atoms with E-state index < -0.39 is 11.8 Å². The number of halogens is 1. The molecule has 11 heteroatoms. The number of imide groups is 1. The standard InChI is InChI=1S/C23H20ClN5O4S/c1-14-20(26-27-29(14)17-4-3-5-18(13-17)33-2)21(30)25-10-11-28-22(31)19(34-23(28)32)12-15-6-8-16(24)9-7-15/h3-9,12-13H,10-11H2,1-2H3,(H,25,30)/b19-12+. The molecule has 1 fully saturated rings. The van der Waals surface area contributed by atoms with Crippen LogP contribution in [0.15, 0.2) is 53.4 Å². The number of thioether (sulfide) groups is 1. The number of carbonyl (C=O) groups excluding carboxylic acids is 3. The molecule has 1 aliphatic rings. The maximum atomic E-state index is 12.6. The smallest absolute Gasteiger partial charge is 0.293 e. The highest BCUT2D eigenvalue weighted by molar-refractivity contribution is 8.18. The minimum absolute atomic E-state index is 0.0391. The number of rotatable bonds is 7. The molecule has 3 amide bonds. The predicted octanol–water partition coefficient (Wildman–Crippen LogP) is 3.70. The summed E-state index contributed by atoms with van der Waals surface area (Å²) in [6.07, 6.45) is 1.64. The number of carbonyl (C=O) groups is 3. The van der Waals surface area contributed by atoms with Crippen molar-refractivity contribution in [2.24, 2.45) is 0 Å². The molecule has 3 aromatic rings. The summed E-state index contributed by atoms with van der Waals surface area (Å²) in [6.45, 7) is 1.85. The van der Waals surface area contributed by atoms with E-state index >= 15 is 0 Å². The molecule has 0 atom stereocenters. The number of hydrogen-bond acceptors (Lipinski definition) is 7. The number of hydrogen-bond donors (Lipinski definition) is 1. The summed E-state index contributed by atoms with van der Waals surface area (Å²) in [5.41, 5.74) is 2.16. The number of ether oxygens (including phenoxy) is 1. The fraction of sp³-hybridized carbons (Fsp3) is 0.174. The van der Waals surface area contributed by atoms with E-state index in [2.05, 4.69) is 15.6 Å². The summed E-state index contributed by atoms with van der Waals surface area (Å²) in [4.78, 5) is 39.0. The number of nitrogens with one attached hydrogen (secondary N) is 1. The normalized spacial score (nSPS) is 14.7. The molecule has 0 unspecified atom stereocenters. The maximum absolute atomic E-state index is 12.6. The van der Waals surface area contributed by atoms with Crippen molar-refractivity contribution in [1.82, 2.24) is 25.2 Å². The van der Waals surface area contributed by atoms with Crippen LogP contribution in [-0.4, -0.2) is 57.1 Å². The lowest BCUT2D eigenvalue weighted by atomic mass is 10.2. The molecular formula is C23H20ClN5O4S. The monoisotopic (exact) mass is 497 g/mol. The molecule has 0 bridgehead atoms. The topological polar surface area (TPSA) is 106 Å².